The molecule has 1 amide bonds. The number of nitrogens with zero attached hydrogens (tertiary/aromatic N) is 4. The molecule has 1 atom stereocenters. The summed E-state index contributed by atoms with van der Waals surface area (Å²) in [5, 5.41) is 18.2. The van der Waals surface area contributed by atoms with E-state index in [0.717, 1.165) is 11.1 Å². The summed E-state index contributed by atoms with van der Waals surface area (Å²) in [6, 6.07) is 22.6. The molecule has 0 bridgehead atoms. The van der Waals surface area contributed by atoms with Crippen LogP contribution in [0.25, 0.3) is 0 Å². The predicted octanol–water partition coefficient (Wildman–Crippen LogP) is 4.89. The lowest BCUT2D eigenvalue weighted by atomic mass is 9.94. The van der Waals surface area contributed by atoms with Crippen LogP contribution in [0.3, 0.4) is 0 Å². The number of para-hydroxylation sites is 1. The van der Waals surface area contributed by atoms with Crippen molar-refractivity contribution in [3.8, 4) is 11.5 Å². The Kier molecular flexibility index (Phi) is 6.85. The Bertz CT molecular complexity index is 1450. The molecular formula is C28H28N6O3. The number of nitrogens with one attached hydrogen (secondary N) is 2. The maximum absolute atomic E-state index is 13.5. The van der Waals surface area contributed by atoms with Gasteiger partial charge in [0.25, 0.3) is 5.91 Å². The quantitative estimate of drug-likeness (QED) is 0.358. The highest BCUT2D eigenvalue weighted by molar-refractivity contribution is 6.06. The lowest BCUT2D eigenvalue weighted by molar-refractivity contribution is -0.113. The number of allylic oxidation sites excluding steroid dienone is 1. The van der Waals surface area contributed by atoms with Gasteiger partial charge < -0.3 is 20.1 Å². The van der Waals surface area contributed by atoms with E-state index >= 15 is 0 Å². The number of rotatable bonds is 8. The molecule has 2 heterocycles. The molecule has 1 aromatic heterocycles. The van der Waals surface area contributed by atoms with E-state index in [-0.39, 0.29) is 5.91 Å². The number of anilines is 2. The van der Waals surface area contributed by atoms with Crippen LogP contribution in [0.2, 0.25) is 0 Å². The van der Waals surface area contributed by atoms with Gasteiger partial charge in [-0.15, -0.1) is 0 Å². The zero-order chi connectivity index (χ0) is 25.8. The van der Waals surface area contributed by atoms with Crippen molar-refractivity contribution in [2.75, 3.05) is 17.2 Å². The van der Waals surface area contributed by atoms with Gasteiger partial charge in [-0.3, -0.25) is 4.79 Å². The molecule has 9 nitrogen and oxygen atoms in total. The first-order chi connectivity index (χ1) is 18.0. The predicted molar refractivity (Wildman–Crippen MR) is 140 cm³/mol. The van der Waals surface area contributed by atoms with E-state index in [0.29, 0.717) is 47.6 Å². The van der Waals surface area contributed by atoms with Crippen LogP contribution in [0.5, 0.6) is 11.5 Å². The summed E-state index contributed by atoms with van der Waals surface area (Å²) >= 11 is 0. The summed E-state index contributed by atoms with van der Waals surface area (Å²) in [6.07, 6.45) is 0. The van der Waals surface area contributed by atoms with Crippen molar-refractivity contribution in [1.82, 2.24) is 20.2 Å². The minimum Gasteiger partial charge on any atom is -0.490 e. The first-order valence-corrected chi connectivity index (χ1v) is 12.1. The van der Waals surface area contributed by atoms with E-state index in [4.69, 9.17) is 9.47 Å². The summed E-state index contributed by atoms with van der Waals surface area (Å²) in [7, 11) is 0. The Labute approximate surface area is 215 Å². The molecule has 0 spiro atoms. The van der Waals surface area contributed by atoms with Crippen LogP contribution in [-0.2, 0) is 11.4 Å². The van der Waals surface area contributed by atoms with E-state index in [2.05, 4.69) is 45.2 Å². The van der Waals surface area contributed by atoms with Crippen LogP contribution in [0.1, 0.15) is 36.6 Å². The van der Waals surface area contributed by atoms with Crippen molar-refractivity contribution in [2.24, 2.45) is 0 Å². The Balaban J connectivity index is 1.49. The van der Waals surface area contributed by atoms with Crippen LogP contribution in [0.4, 0.5) is 11.6 Å². The van der Waals surface area contributed by atoms with Gasteiger partial charge in [-0.25, -0.2) is 0 Å². The fraction of sp³-hybridized carbons (Fsp3) is 0.214. The van der Waals surface area contributed by atoms with E-state index in [1.807, 2.05) is 74.5 Å². The minimum absolute atomic E-state index is 0.250. The first-order valence-electron chi connectivity index (χ1n) is 12.1. The number of aromatic nitrogens is 4. The topological polar surface area (TPSA) is 103 Å². The summed E-state index contributed by atoms with van der Waals surface area (Å²) in [5.74, 6) is 1.41. The third-order valence-electron chi connectivity index (χ3n) is 6.05. The van der Waals surface area contributed by atoms with Gasteiger partial charge in [0.15, 0.2) is 11.5 Å². The number of aryl methyl sites for hydroxylation is 1. The van der Waals surface area contributed by atoms with Gasteiger partial charge in [-0.2, -0.15) is 4.68 Å². The number of amides is 1. The smallest absolute Gasteiger partial charge is 0.255 e. The molecule has 1 aliphatic rings. The average molecular weight is 497 g/mol. The number of fused-ring (bicyclic) bond motifs is 1. The highest BCUT2D eigenvalue weighted by Crippen LogP contribution is 2.39. The Hall–Kier alpha value is -4.66. The zero-order valence-electron chi connectivity index (χ0n) is 20.9. The minimum atomic E-state index is -0.569. The molecule has 3 aromatic carbocycles. The molecule has 0 aliphatic carbocycles. The maximum atomic E-state index is 13.5. The summed E-state index contributed by atoms with van der Waals surface area (Å²) < 4.78 is 13.7. The fourth-order valence-corrected chi connectivity index (χ4v) is 4.38. The van der Waals surface area contributed by atoms with Crippen molar-refractivity contribution in [3.05, 3.63) is 101 Å². The van der Waals surface area contributed by atoms with Crippen LogP contribution in [0.15, 0.2) is 84.1 Å². The number of ether oxygens (including phenoxy) is 2. The van der Waals surface area contributed by atoms with Crippen molar-refractivity contribution < 1.29 is 14.3 Å². The average Bonchev–Trinajstić information content (AvgIpc) is 3.36. The maximum Gasteiger partial charge on any atom is 0.255 e. The molecule has 37 heavy (non-hydrogen) atoms. The van der Waals surface area contributed by atoms with Gasteiger partial charge in [0, 0.05) is 11.4 Å². The second-order valence-electron chi connectivity index (χ2n) is 8.75. The van der Waals surface area contributed by atoms with E-state index < -0.39 is 6.04 Å². The van der Waals surface area contributed by atoms with E-state index in [1.165, 1.54) is 5.56 Å². The molecule has 0 fully saturated rings. The molecular weight excluding hydrogens is 468 g/mol. The van der Waals surface area contributed by atoms with Crippen molar-refractivity contribution in [3.63, 3.8) is 0 Å². The lowest BCUT2D eigenvalue weighted by Gasteiger charge is -2.28. The van der Waals surface area contributed by atoms with Crippen LogP contribution < -0.4 is 20.1 Å². The Morgan fingerprint density at radius 2 is 1.84 bits per heavy atom. The number of hydrogen-bond acceptors (Lipinski definition) is 7. The van der Waals surface area contributed by atoms with Gasteiger partial charge >= 0.3 is 0 Å². The highest BCUT2D eigenvalue weighted by atomic mass is 16.5. The molecule has 0 saturated carbocycles. The molecule has 5 rings (SSSR count). The third-order valence-corrected chi connectivity index (χ3v) is 6.05. The molecule has 4 aromatic rings. The van der Waals surface area contributed by atoms with Crippen molar-refractivity contribution in [2.45, 2.75) is 33.4 Å². The molecule has 1 aliphatic heterocycles. The van der Waals surface area contributed by atoms with E-state index in [9.17, 15) is 4.79 Å². The molecule has 9 heteroatoms. The second kappa shape index (κ2) is 10.5. The monoisotopic (exact) mass is 496 g/mol. The van der Waals surface area contributed by atoms with Gasteiger partial charge in [0.2, 0.25) is 5.95 Å². The fourth-order valence-electron chi connectivity index (χ4n) is 4.38. The lowest BCUT2D eigenvalue weighted by Crippen LogP contribution is -2.31. The molecule has 0 radical (unpaired) electrons. The number of hydrogen-bond donors (Lipinski definition) is 2. The van der Waals surface area contributed by atoms with E-state index in [1.54, 1.807) is 4.68 Å². The van der Waals surface area contributed by atoms with Crippen LogP contribution in [0, 0.1) is 6.92 Å². The van der Waals surface area contributed by atoms with Crippen molar-refractivity contribution >= 4 is 17.5 Å². The molecule has 0 saturated heterocycles. The summed E-state index contributed by atoms with van der Waals surface area (Å²) in [5.41, 5.74) is 4.90. The van der Waals surface area contributed by atoms with Crippen molar-refractivity contribution in [1.29, 1.82) is 0 Å². The number of benzene rings is 3. The number of carbonyl (C=O) groups excluding carboxylic acids is 1. The molecule has 1 unspecified atom stereocenters. The number of tetrazole rings is 1. The first kappa shape index (κ1) is 24.1. The molecule has 188 valence electrons. The third kappa shape index (κ3) is 5.16. The van der Waals surface area contributed by atoms with Crippen LogP contribution >= 0.6 is 0 Å². The number of carbonyl (C=O) groups is 1. The Morgan fingerprint density at radius 3 is 2.62 bits per heavy atom. The normalized spacial score (nSPS) is 14.5. The summed E-state index contributed by atoms with van der Waals surface area (Å²) in [4.78, 5) is 13.5. The SMILES string of the molecule is CCOc1cc(C2C(C(=O)Nc3ccccc3)=C(C)Nc3nnnn32)ccc1OCc1cccc(C)c1. The second-order valence-corrected chi connectivity index (χ2v) is 8.75. The van der Waals surface area contributed by atoms with Gasteiger partial charge in [0.1, 0.15) is 12.6 Å². The van der Waals surface area contributed by atoms with Crippen LogP contribution in [-0.4, -0.2) is 32.7 Å². The summed E-state index contributed by atoms with van der Waals surface area (Å²) in [6.45, 7) is 6.69. The zero-order valence-corrected chi connectivity index (χ0v) is 20.9. The molecule has 2 N–H and O–H groups in total. The Morgan fingerprint density at radius 1 is 1.00 bits per heavy atom. The highest BCUT2D eigenvalue weighted by Gasteiger charge is 2.34. The van der Waals surface area contributed by atoms with Gasteiger partial charge in [-0.1, -0.05) is 59.2 Å². The largest absolute Gasteiger partial charge is 0.490 e. The van der Waals surface area contributed by atoms with Gasteiger partial charge in [0.05, 0.1) is 12.2 Å². The standard InChI is InChI=1S/C28H28N6O3/c1-4-36-24-16-21(13-14-23(24)37-17-20-10-8-9-18(2)15-20)26-25(19(3)29-28-31-32-33-34(26)28)27(35)30-22-11-6-5-7-12-22/h5-16,26H,4,17H2,1-3H3,(H,30,35)(H,29,31,33). The van der Waals surface area contributed by atoms with Gasteiger partial charge in [-0.05, 0) is 66.6 Å².